The van der Waals surface area contributed by atoms with Gasteiger partial charge in [0.05, 0.1) is 0 Å². The van der Waals surface area contributed by atoms with Crippen molar-refractivity contribution in [3.63, 3.8) is 0 Å². The summed E-state index contributed by atoms with van der Waals surface area (Å²) in [6, 6.07) is 0. The first-order valence-corrected chi connectivity index (χ1v) is 8.91. The molecule has 0 fully saturated rings. The van der Waals surface area contributed by atoms with Gasteiger partial charge in [-0.1, -0.05) is 0 Å². The van der Waals surface area contributed by atoms with Crippen molar-refractivity contribution >= 4 is 34.5 Å². The summed E-state index contributed by atoms with van der Waals surface area (Å²) in [7, 11) is 0. The molecule has 0 spiro atoms. The Morgan fingerprint density at radius 1 is 1.33 bits per heavy atom. The maximum absolute atomic E-state index is 11.6. The zero-order chi connectivity index (χ0) is 17.4. The van der Waals surface area contributed by atoms with Gasteiger partial charge in [0, 0.05) is 25.5 Å². The third-order valence-electron chi connectivity index (χ3n) is 3.25. The number of aromatic amines is 1. The van der Waals surface area contributed by atoms with E-state index in [0.717, 1.165) is 5.75 Å². The number of carbonyl (C=O) groups is 1. The van der Waals surface area contributed by atoms with Crippen LogP contribution in [0.15, 0.2) is 17.2 Å². The smallest absolute Gasteiger partial charge is 0.292 e. The molecule has 0 saturated heterocycles. The Bertz CT molecular complexity index is 738. The molecular formula is C14H20N6O3S. The number of hydrogen-bond donors (Lipinski definition) is 4. The van der Waals surface area contributed by atoms with Crippen molar-refractivity contribution in [3.05, 3.63) is 22.7 Å². The highest BCUT2D eigenvalue weighted by Crippen LogP contribution is 2.11. The van der Waals surface area contributed by atoms with E-state index in [-0.39, 0.29) is 11.4 Å². The van der Waals surface area contributed by atoms with Crippen LogP contribution in [-0.4, -0.2) is 62.4 Å². The molecule has 0 aliphatic carbocycles. The molecular weight excluding hydrogens is 332 g/mol. The summed E-state index contributed by atoms with van der Waals surface area (Å²) in [5, 5.41) is 21.6. The van der Waals surface area contributed by atoms with Crippen LogP contribution < -0.4 is 16.2 Å². The maximum Gasteiger partial charge on any atom is 0.292 e. The number of nitrogens with zero attached hydrogens (tertiary/aromatic N) is 3. The number of aromatic nitrogens is 4. The second-order valence-electron chi connectivity index (χ2n) is 5.02. The van der Waals surface area contributed by atoms with E-state index in [2.05, 4.69) is 30.8 Å². The number of hydrogen-bond acceptors (Lipinski definition) is 8. The van der Waals surface area contributed by atoms with Crippen LogP contribution in [0.4, 0.5) is 5.82 Å². The fraction of sp³-hybridized carbons (Fsp3) is 0.500. The number of aliphatic hydroxyl groups excluding tert-OH is 1. The first-order chi connectivity index (χ1) is 11.6. The van der Waals surface area contributed by atoms with E-state index >= 15 is 0 Å². The number of aliphatic hydroxyl groups is 1. The molecule has 24 heavy (non-hydrogen) atoms. The summed E-state index contributed by atoms with van der Waals surface area (Å²) in [6.07, 6.45) is 4.96. The quantitative estimate of drug-likeness (QED) is 0.454. The Hall–Kier alpha value is -2.20. The maximum atomic E-state index is 11.6. The van der Waals surface area contributed by atoms with Gasteiger partial charge >= 0.3 is 0 Å². The summed E-state index contributed by atoms with van der Waals surface area (Å²) in [5.74, 6) is 0.814. The number of amides is 1. The molecule has 2 aromatic heterocycles. The third-order valence-corrected chi connectivity index (χ3v) is 3.89. The van der Waals surface area contributed by atoms with E-state index in [1.54, 1.807) is 11.8 Å². The summed E-state index contributed by atoms with van der Waals surface area (Å²) in [4.78, 5) is 31.3. The van der Waals surface area contributed by atoms with Gasteiger partial charge in [0.2, 0.25) is 5.91 Å². The van der Waals surface area contributed by atoms with Crippen molar-refractivity contribution in [1.29, 1.82) is 0 Å². The molecule has 1 amide bonds. The van der Waals surface area contributed by atoms with Crippen molar-refractivity contribution in [2.24, 2.45) is 0 Å². The molecule has 2 aromatic rings. The van der Waals surface area contributed by atoms with Crippen LogP contribution in [0.25, 0.3) is 11.0 Å². The van der Waals surface area contributed by atoms with Gasteiger partial charge in [-0.2, -0.15) is 16.9 Å². The second-order valence-corrected chi connectivity index (χ2v) is 6.01. The van der Waals surface area contributed by atoms with E-state index in [1.807, 2.05) is 6.26 Å². The minimum Gasteiger partial charge on any atom is -0.383 e. The topological polar surface area (TPSA) is 133 Å². The average Bonchev–Trinajstić information content (AvgIpc) is 2.61. The van der Waals surface area contributed by atoms with Gasteiger partial charge in [-0.3, -0.25) is 9.59 Å². The Labute approximate surface area is 142 Å². The number of rotatable bonds is 9. The largest absolute Gasteiger partial charge is 0.383 e. The molecule has 0 bridgehead atoms. The number of thioether (sulfide) groups is 1. The number of fused-ring (bicyclic) bond motifs is 1. The fourth-order valence-corrected chi connectivity index (χ4v) is 2.46. The second kappa shape index (κ2) is 9.18. The van der Waals surface area contributed by atoms with Gasteiger partial charge in [-0.05, 0) is 24.9 Å². The Balaban J connectivity index is 1.78. The molecule has 2 rings (SSSR count). The lowest BCUT2D eigenvalue weighted by atomic mass is 10.2. The van der Waals surface area contributed by atoms with Crippen LogP contribution in [0.3, 0.4) is 0 Å². The van der Waals surface area contributed by atoms with Gasteiger partial charge < -0.3 is 15.7 Å². The molecule has 1 unspecified atom stereocenters. The van der Waals surface area contributed by atoms with Crippen LogP contribution in [-0.2, 0) is 4.79 Å². The Kier molecular flexibility index (Phi) is 6.94. The highest BCUT2D eigenvalue weighted by Gasteiger charge is 2.13. The van der Waals surface area contributed by atoms with E-state index in [0.29, 0.717) is 37.3 Å². The zero-order valence-corrected chi connectivity index (χ0v) is 14.1. The summed E-state index contributed by atoms with van der Waals surface area (Å²) >= 11 is 1.59. The van der Waals surface area contributed by atoms with Crippen molar-refractivity contribution in [2.75, 3.05) is 30.4 Å². The summed E-state index contributed by atoms with van der Waals surface area (Å²) in [5.41, 5.74) is 0.230. The lowest BCUT2D eigenvalue weighted by Crippen LogP contribution is -2.36. The van der Waals surface area contributed by atoms with E-state index in [4.69, 9.17) is 0 Å². The van der Waals surface area contributed by atoms with Crippen LogP contribution in [0.1, 0.15) is 12.8 Å². The molecule has 0 radical (unpaired) electrons. The van der Waals surface area contributed by atoms with E-state index < -0.39 is 11.7 Å². The lowest BCUT2D eigenvalue weighted by molar-refractivity contribution is -0.129. The molecule has 130 valence electrons. The third kappa shape index (κ3) is 4.90. The molecule has 10 heteroatoms. The molecule has 0 saturated carbocycles. The first kappa shape index (κ1) is 18.1. The first-order valence-electron chi connectivity index (χ1n) is 7.51. The van der Waals surface area contributed by atoms with E-state index in [9.17, 15) is 14.7 Å². The monoisotopic (exact) mass is 352 g/mol. The molecule has 0 aliphatic heterocycles. The average molecular weight is 352 g/mol. The molecule has 0 aliphatic rings. The molecule has 4 N–H and O–H groups in total. The Morgan fingerprint density at radius 3 is 2.83 bits per heavy atom. The number of anilines is 1. The Morgan fingerprint density at radius 2 is 2.08 bits per heavy atom. The van der Waals surface area contributed by atoms with Crippen molar-refractivity contribution in [1.82, 2.24) is 25.5 Å². The predicted octanol–water partition coefficient (Wildman–Crippen LogP) is -0.255. The standard InChI is InChI=1S/C14H20N6O3S/c1-24-8-3-9(21)13(22)18-5-2-4-17-12-10-11(14(23)20-19-12)16-7-6-15-10/h6-7,9,21H,2-5,8H2,1H3,(H,17,19)(H,18,22)(H,20,23). The molecule has 9 nitrogen and oxygen atoms in total. The number of nitrogens with one attached hydrogen (secondary N) is 3. The van der Waals surface area contributed by atoms with E-state index in [1.165, 1.54) is 12.4 Å². The van der Waals surface area contributed by atoms with Crippen molar-refractivity contribution in [3.8, 4) is 0 Å². The van der Waals surface area contributed by atoms with Gasteiger partial charge in [-0.15, -0.1) is 0 Å². The minimum absolute atomic E-state index is 0.222. The predicted molar refractivity (Wildman–Crippen MR) is 93.1 cm³/mol. The van der Waals surface area contributed by atoms with Crippen LogP contribution in [0.5, 0.6) is 0 Å². The molecule has 1 atom stereocenters. The minimum atomic E-state index is -0.967. The van der Waals surface area contributed by atoms with Gasteiger partial charge in [-0.25, -0.2) is 15.1 Å². The highest BCUT2D eigenvalue weighted by atomic mass is 32.2. The molecule has 0 aromatic carbocycles. The van der Waals surface area contributed by atoms with Gasteiger partial charge in [0.1, 0.15) is 11.6 Å². The summed E-state index contributed by atoms with van der Waals surface area (Å²) in [6.45, 7) is 0.945. The van der Waals surface area contributed by atoms with Crippen LogP contribution in [0, 0.1) is 0 Å². The van der Waals surface area contributed by atoms with Crippen molar-refractivity contribution < 1.29 is 9.90 Å². The highest BCUT2D eigenvalue weighted by molar-refractivity contribution is 7.98. The van der Waals surface area contributed by atoms with Gasteiger partial charge in [0.15, 0.2) is 11.3 Å². The number of H-pyrrole nitrogens is 1. The van der Waals surface area contributed by atoms with Crippen LogP contribution >= 0.6 is 11.8 Å². The normalized spacial score (nSPS) is 12.1. The fourth-order valence-electron chi connectivity index (χ4n) is 2.00. The lowest BCUT2D eigenvalue weighted by Gasteiger charge is -2.11. The zero-order valence-electron chi connectivity index (χ0n) is 13.3. The number of carbonyl (C=O) groups excluding carboxylic acids is 1. The van der Waals surface area contributed by atoms with Gasteiger partial charge in [0.25, 0.3) is 5.56 Å². The molecule has 2 heterocycles. The van der Waals surface area contributed by atoms with Crippen molar-refractivity contribution in [2.45, 2.75) is 18.9 Å². The van der Waals surface area contributed by atoms with Crippen LogP contribution in [0.2, 0.25) is 0 Å². The summed E-state index contributed by atoms with van der Waals surface area (Å²) < 4.78 is 0. The SMILES string of the molecule is CSCCC(O)C(=O)NCCCNc1n[nH]c(=O)c2nccnc12.